The lowest BCUT2D eigenvalue weighted by atomic mass is 10.3. The van der Waals surface area contributed by atoms with E-state index >= 15 is 0 Å². The quantitative estimate of drug-likeness (QED) is 0.680. The van der Waals surface area contributed by atoms with Crippen molar-refractivity contribution in [3.8, 4) is 0 Å². The molecule has 0 aliphatic heterocycles. The number of hydrogen-bond donors (Lipinski definition) is 1. The molecule has 0 aromatic heterocycles. The van der Waals surface area contributed by atoms with Crippen LogP contribution in [0.1, 0.15) is 19.8 Å². The van der Waals surface area contributed by atoms with E-state index in [1.54, 1.807) is 12.2 Å². The van der Waals surface area contributed by atoms with E-state index in [9.17, 15) is 18.0 Å². The minimum atomic E-state index is -4.30. The zero-order valence-electron chi connectivity index (χ0n) is 6.16. The highest BCUT2D eigenvalue weighted by atomic mass is 19.4. The topological polar surface area (TPSA) is 29.1 Å². The van der Waals surface area contributed by atoms with Crippen LogP contribution in [0.5, 0.6) is 0 Å². The van der Waals surface area contributed by atoms with E-state index in [4.69, 9.17) is 0 Å². The third-order valence-corrected chi connectivity index (χ3v) is 0.963. The van der Waals surface area contributed by atoms with Gasteiger partial charge in [-0.1, -0.05) is 6.92 Å². The van der Waals surface area contributed by atoms with Gasteiger partial charge >= 0.3 is 6.18 Å². The molecule has 11 heavy (non-hydrogen) atoms. The van der Waals surface area contributed by atoms with Crippen LogP contribution in [0, 0.1) is 0 Å². The summed E-state index contributed by atoms with van der Waals surface area (Å²) in [6, 6.07) is 0. The Labute approximate surface area is 62.8 Å². The fourth-order valence-electron chi connectivity index (χ4n) is 0.514. The molecule has 1 amide bonds. The number of alkyl halides is 3. The summed E-state index contributed by atoms with van der Waals surface area (Å²) in [4.78, 5) is 10.5. The van der Waals surface area contributed by atoms with Gasteiger partial charge in [0.2, 0.25) is 5.91 Å². The third-order valence-electron chi connectivity index (χ3n) is 0.963. The van der Waals surface area contributed by atoms with Crippen LogP contribution in [0.2, 0.25) is 0 Å². The lowest BCUT2D eigenvalue weighted by Gasteiger charge is -2.06. The van der Waals surface area contributed by atoms with Crippen molar-refractivity contribution in [2.75, 3.05) is 6.54 Å². The first-order valence-electron chi connectivity index (χ1n) is 3.29. The Bertz CT molecular complexity index is 132. The minimum absolute atomic E-state index is 0.149. The van der Waals surface area contributed by atoms with Gasteiger partial charge < -0.3 is 5.32 Å². The lowest BCUT2D eigenvalue weighted by Crippen LogP contribution is -2.33. The predicted octanol–water partition coefficient (Wildman–Crippen LogP) is 1.46. The number of carbonyl (C=O) groups is 1. The number of amides is 1. The average Bonchev–Trinajstić information content (AvgIpc) is 1.83. The molecule has 0 aliphatic rings. The summed E-state index contributed by atoms with van der Waals surface area (Å²) in [5, 5.41) is 1.76. The first-order valence-corrected chi connectivity index (χ1v) is 3.29. The van der Waals surface area contributed by atoms with Crippen molar-refractivity contribution in [1.82, 2.24) is 5.32 Å². The molecule has 0 saturated heterocycles. The second kappa shape index (κ2) is 4.20. The highest BCUT2D eigenvalue weighted by molar-refractivity contribution is 5.75. The Morgan fingerprint density at radius 2 is 2.00 bits per heavy atom. The van der Waals surface area contributed by atoms with Gasteiger partial charge in [-0.25, -0.2) is 0 Å². The normalized spacial score (nSPS) is 11.3. The SMILES string of the molecule is CCCC(=O)NCC(F)(F)F. The summed E-state index contributed by atoms with van der Waals surface area (Å²) in [7, 11) is 0. The molecule has 0 aliphatic carbocycles. The van der Waals surface area contributed by atoms with Gasteiger partial charge in [0.15, 0.2) is 0 Å². The first kappa shape index (κ1) is 10.3. The second-order valence-electron chi connectivity index (χ2n) is 2.14. The molecular formula is C6H10F3NO. The van der Waals surface area contributed by atoms with E-state index in [2.05, 4.69) is 0 Å². The molecule has 0 heterocycles. The van der Waals surface area contributed by atoms with Gasteiger partial charge in [-0.2, -0.15) is 13.2 Å². The molecule has 0 bridgehead atoms. The summed E-state index contributed by atoms with van der Waals surface area (Å²) in [6.45, 7) is 0.499. The van der Waals surface area contributed by atoms with Crippen molar-refractivity contribution < 1.29 is 18.0 Å². The van der Waals surface area contributed by atoms with Crippen LogP contribution in [0.25, 0.3) is 0 Å². The monoisotopic (exact) mass is 169 g/mol. The molecule has 66 valence electrons. The third kappa shape index (κ3) is 7.15. The first-order chi connectivity index (χ1) is 4.95. The predicted molar refractivity (Wildman–Crippen MR) is 34.0 cm³/mol. The molecule has 0 atom stereocenters. The molecule has 0 rings (SSSR count). The van der Waals surface area contributed by atoms with Crippen molar-refractivity contribution in [3.05, 3.63) is 0 Å². The van der Waals surface area contributed by atoms with Gasteiger partial charge in [-0.05, 0) is 6.42 Å². The summed E-state index contributed by atoms with van der Waals surface area (Å²) < 4.78 is 34.3. The number of nitrogens with one attached hydrogen (secondary N) is 1. The lowest BCUT2D eigenvalue weighted by molar-refractivity contribution is -0.138. The standard InChI is InChI=1S/C6H10F3NO/c1-2-3-5(11)10-4-6(7,8)9/h2-4H2,1H3,(H,10,11). The molecule has 0 saturated carbocycles. The van der Waals surface area contributed by atoms with Gasteiger partial charge in [-0.3, -0.25) is 4.79 Å². The number of rotatable bonds is 3. The van der Waals surface area contributed by atoms with Crippen LogP contribution in [-0.2, 0) is 4.79 Å². The Balaban J connectivity index is 3.46. The molecule has 5 heteroatoms. The fraction of sp³-hybridized carbons (Fsp3) is 0.833. The number of halogens is 3. The molecule has 0 fully saturated rings. The minimum Gasteiger partial charge on any atom is -0.347 e. The van der Waals surface area contributed by atoms with Gasteiger partial charge in [0, 0.05) is 6.42 Å². The van der Waals surface area contributed by atoms with Crippen LogP contribution in [-0.4, -0.2) is 18.6 Å². The van der Waals surface area contributed by atoms with Gasteiger partial charge in [-0.15, -0.1) is 0 Å². The molecule has 0 spiro atoms. The van der Waals surface area contributed by atoms with Crippen LogP contribution >= 0.6 is 0 Å². The smallest absolute Gasteiger partial charge is 0.347 e. The molecule has 1 N–H and O–H groups in total. The van der Waals surface area contributed by atoms with Crippen molar-refractivity contribution in [2.24, 2.45) is 0 Å². The van der Waals surface area contributed by atoms with Crippen molar-refractivity contribution >= 4 is 5.91 Å². The Kier molecular flexibility index (Phi) is 3.92. The Morgan fingerprint density at radius 1 is 1.45 bits per heavy atom. The maximum absolute atomic E-state index is 11.4. The fourth-order valence-corrected chi connectivity index (χ4v) is 0.514. The molecule has 2 nitrogen and oxygen atoms in total. The zero-order valence-corrected chi connectivity index (χ0v) is 6.16. The maximum Gasteiger partial charge on any atom is 0.405 e. The average molecular weight is 169 g/mol. The maximum atomic E-state index is 11.4. The van der Waals surface area contributed by atoms with Crippen LogP contribution in [0.3, 0.4) is 0 Å². The molecule has 0 aromatic rings. The molecule has 0 unspecified atom stereocenters. The molecular weight excluding hydrogens is 159 g/mol. The summed E-state index contributed by atoms with van der Waals surface area (Å²) in [6.07, 6.45) is -3.59. The van der Waals surface area contributed by atoms with Gasteiger partial charge in [0.1, 0.15) is 6.54 Å². The van der Waals surface area contributed by atoms with E-state index in [1.807, 2.05) is 0 Å². The van der Waals surface area contributed by atoms with Crippen LogP contribution < -0.4 is 5.32 Å². The van der Waals surface area contributed by atoms with E-state index in [0.29, 0.717) is 6.42 Å². The second-order valence-corrected chi connectivity index (χ2v) is 2.14. The largest absolute Gasteiger partial charge is 0.405 e. The van der Waals surface area contributed by atoms with E-state index in [1.165, 1.54) is 0 Å². The highest BCUT2D eigenvalue weighted by Gasteiger charge is 2.27. The van der Waals surface area contributed by atoms with Gasteiger partial charge in [0.25, 0.3) is 0 Å². The van der Waals surface area contributed by atoms with Crippen LogP contribution in [0.4, 0.5) is 13.2 Å². The van der Waals surface area contributed by atoms with Gasteiger partial charge in [0.05, 0.1) is 0 Å². The summed E-state index contributed by atoms with van der Waals surface area (Å²) in [5.74, 6) is -0.551. The van der Waals surface area contributed by atoms with Crippen molar-refractivity contribution in [2.45, 2.75) is 25.9 Å². The summed E-state index contributed by atoms with van der Waals surface area (Å²) in [5.41, 5.74) is 0. The van der Waals surface area contributed by atoms with E-state index < -0.39 is 18.6 Å². The Morgan fingerprint density at radius 3 is 2.36 bits per heavy atom. The Hall–Kier alpha value is -0.740. The van der Waals surface area contributed by atoms with E-state index in [-0.39, 0.29) is 6.42 Å². The number of hydrogen-bond acceptors (Lipinski definition) is 1. The zero-order chi connectivity index (χ0) is 8.91. The molecule has 0 radical (unpaired) electrons. The van der Waals surface area contributed by atoms with E-state index in [0.717, 1.165) is 0 Å². The van der Waals surface area contributed by atoms with Crippen LogP contribution in [0.15, 0.2) is 0 Å². The van der Waals surface area contributed by atoms with Crippen molar-refractivity contribution in [1.29, 1.82) is 0 Å². The summed E-state index contributed by atoms with van der Waals surface area (Å²) >= 11 is 0. The number of carbonyl (C=O) groups excluding carboxylic acids is 1. The molecule has 0 aromatic carbocycles. The highest BCUT2D eigenvalue weighted by Crippen LogP contribution is 2.12. The van der Waals surface area contributed by atoms with Crippen molar-refractivity contribution in [3.63, 3.8) is 0 Å².